The summed E-state index contributed by atoms with van der Waals surface area (Å²) in [6, 6.07) is 7.57. The van der Waals surface area contributed by atoms with Gasteiger partial charge in [0, 0.05) is 36.5 Å². The lowest BCUT2D eigenvalue weighted by molar-refractivity contribution is -0.122. The zero-order valence-electron chi connectivity index (χ0n) is 11.2. The molecule has 2 saturated heterocycles. The van der Waals surface area contributed by atoms with Crippen molar-refractivity contribution in [1.29, 1.82) is 0 Å². The highest BCUT2D eigenvalue weighted by Gasteiger charge is 2.44. The molecule has 2 aliphatic rings. The third kappa shape index (κ3) is 1.84. The van der Waals surface area contributed by atoms with Gasteiger partial charge in [-0.05, 0) is 6.07 Å². The van der Waals surface area contributed by atoms with Crippen molar-refractivity contribution in [3.8, 4) is 0 Å². The Morgan fingerprint density at radius 1 is 1.29 bits per heavy atom. The summed E-state index contributed by atoms with van der Waals surface area (Å²) in [5.74, 6) is 0.0816. The summed E-state index contributed by atoms with van der Waals surface area (Å²) in [5.41, 5.74) is 1.27. The number of likely N-dealkylation sites (tertiary alicyclic amines) is 1. The number of para-hydroxylation sites is 1. The van der Waals surface area contributed by atoms with Crippen LogP contribution in [0.15, 0.2) is 24.3 Å². The van der Waals surface area contributed by atoms with Crippen LogP contribution in [0.1, 0.15) is 10.5 Å². The summed E-state index contributed by atoms with van der Waals surface area (Å²) >= 11 is 6.32. The number of hydrogen-bond acceptors (Lipinski definition) is 2. The molecule has 0 radical (unpaired) electrons. The molecule has 0 aliphatic carbocycles. The van der Waals surface area contributed by atoms with E-state index in [1.165, 1.54) is 0 Å². The van der Waals surface area contributed by atoms with E-state index in [9.17, 15) is 9.59 Å². The average molecular weight is 304 g/mol. The molecule has 2 N–H and O–H groups in total. The molecule has 3 heterocycles. The highest BCUT2D eigenvalue weighted by atomic mass is 35.5. The minimum Gasteiger partial charge on any atom is -0.355 e. The molecule has 2 aliphatic heterocycles. The van der Waals surface area contributed by atoms with E-state index in [1.54, 1.807) is 4.90 Å². The first-order valence-electron chi connectivity index (χ1n) is 6.98. The van der Waals surface area contributed by atoms with Crippen molar-refractivity contribution in [1.82, 2.24) is 15.2 Å². The molecule has 2 fully saturated rings. The van der Waals surface area contributed by atoms with Crippen molar-refractivity contribution in [2.75, 3.05) is 19.6 Å². The van der Waals surface area contributed by atoms with E-state index >= 15 is 0 Å². The van der Waals surface area contributed by atoms with Crippen LogP contribution in [0.25, 0.3) is 10.9 Å². The fraction of sp³-hybridized carbons (Fsp3) is 0.333. The van der Waals surface area contributed by atoms with Crippen LogP contribution in [-0.2, 0) is 4.79 Å². The van der Waals surface area contributed by atoms with Crippen molar-refractivity contribution in [3.63, 3.8) is 0 Å². The summed E-state index contributed by atoms with van der Waals surface area (Å²) in [6.07, 6.45) is 0. The standard InChI is InChI=1S/C15H14ClN3O2/c16-12-9-3-1-2-4-11(9)18-13(12)15(21)19-6-8-5-17-14(20)10(8)7-19/h1-4,8,10,18H,5-7H2,(H,17,20)/t8-,10+/m0/s1. The van der Waals surface area contributed by atoms with Crippen LogP contribution < -0.4 is 5.32 Å². The first-order valence-corrected chi connectivity index (χ1v) is 7.36. The summed E-state index contributed by atoms with van der Waals surface area (Å²) in [4.78, 5) is 29.2. The molecule has 6 heteroatoms. The number of carbonyl (C=O) groups is 2. The van der Waals surface area contributed by atoms with Crippen molar-refractivity contribution in [2.45, 2.75) is 0 Å². The van der Waals surface area contributed by atoms with Gasteiger partial charge in [-0.3, -0.25) is 9.59 Å². The molecule has 0 unspecified atom stereocenters. The summed E-state index contributed by atoms with van der Waals surface area (Å²) < 4.78 is 0. The number of rotatable bonds is 1. The topological polar surface area (TPSA) is 65.2 Å². The van der Waals surface area contributed by atoms with Gasteiger partial charge < -0.3 is 15.2 Å². The molecule has 1 aromatic heterocycles. The van der Waals surface area contributed by atoms with Crippen LogP contribution in [0.3, 0.4) is 0 Å². The van der Waals surface area contributed by atoms with Gasteiger partial charge >= 0.3 is 0 Å². The number of fused-ring (bicyclic) bond motifs is 2. The number of H-pyrrole nitrogens is 1. The third-order valence-electron chi connectivity index (χ3n) is 4.46. The van der Waals surface area contributed by atoms with Gasteiger partial charge in [-0.15, -0.1) is 0 Å². The van der Waals surface area contributed by atoms with Gasteiger partial charge in [-0.25, -0.2) is 0 Å². The maximum atomic E-state index is 12.7. The quantitative estimate of drug-likeness (QED) is 0.841. The SMILES string of the molecule is O=C1NC[C@H]2CN(C(=O)c3[nH]c4ccccc4c3Cl)C[C@@H]12. The fourth-order valence-corrected chi connectivity index (χ4v) is 3.61. The molecule has 21 heavy (non-hydrogen) atoms. The Kier molecular flexibility index (Phi) is 2.72. The zero-order chi connectivity index (χ0) is 14.6. The van der Waals surface area contributed by atoms with E-state index in [2.05, 4.69) is 10.3 Å². The van der Waals surface area contributed by atoms with E-state index in [0.717, 1.165) is 10.9 Å². The number of nitrogens with zero attached hydrogens (tertiary/aromatic N) is 1. The van der Waals surface area contributed by atoms with Crippen LogP contribution in [0.2, 0.25) is 5.02 Å². The van der Waals surface area contributed by atoms with Gasteiger partial charge in [0.2, 0.25) is 5.91 Å². The molecule has 1 aromatic carbocycles. The first kappa shape index (κ1) is 12.7. The molecular formula is C15H14ClN3O2. The van der Waals surface area contributed by atoms with Crippen molar-refractivity contribution >= 4 is 34.3 Å². The molecule has 4 rings (SSSR count). The summed E-state index contributed by atoms with van der Waals surface area (Å²) in [6.45, 7) is 1.74. The molecule has 2 amide bonds. The Morgan fingerprint density at radius 2 is 2.10 bits per heavy atom. The molecule has 5 nitrogen and oxygen atoms in total. The van der Waals surface area contributed by atoms with E-state index in [-0.39, 0.29) is 23.7 Å². The van der Waals surface area contributed by atoms with Gasteiger partial charge in [0.05, 0.1) is 10.9 Å². The molecule has 2 atom stereocenters. The minimum absolute atomic E-state index is 0.0537. The molecule has 2 aromatic rings. The zero-order valence-corrected chi connectivity index (χ0v) is 12.0. The second-order valence-corrected chi connectivity index (χ2v) is 6.06. The Hall–Kier alpha value is -2.01. The van der Waals surface area contributed by atoms with Gasteiger partial charge in [0.25, 0.3) is 5.91 Å². The lowest BCUT2D eigenvalue weighted by atomic mass is 10.0. The lowest BCUT2D eigenvalue weighted by Crippen LogP contribution is -2.33. The van der Waals surface area contributed by atoms with Crippen LogP contribution in [0.4, 0.5) is 0 Å². The largest absolute Gasteiger partial charge is 0.355 e. The Balaban J connectivity index is 1.65. The third-order valence-corrected chi connectivity index (χ3v) is 4.85. The minimum atomic E-state index is -0.126. The van der Waals surface area contributed by atoms with Crippen molar-refractivity contribution in [2.24, 2.45) is 11.8 Å². The highest BCUT2D eigenvalue weighted by molar-refractivity contribution is 6.38. The number of benzene rings is 1. The Labute approximate surface area is 126 Å². The fourth-order valence-electron chi connectivity index (χ4n) is 3.32. The predicted octanol–water partition coefficient (Wildman–Crippen LogP) is 1.64. The van der Waals surface area contributed by atoms with E-state index in [4.69, 9.17) is 11.6 Å². The molecular weight excluding hydrogens is 290 g/mol. The van der Waals surface area contributed by atoms with Gasteiger partial charge in [0.1, 0.15) is 5.69 Å². The smallest absolute Gasteiger partial charge is 0.271 e. The molecule has 0 spiro atoms. The molecule has 0 saturated carbocycles. The number of nitrogens with one attached hydrogen (secondary N) is 2. The number of amides is 2. The van der Waals surface area contributed by atoms with Crippen molar-refractivity contribution < 1.29 is 9.59 Å². The van der Waals surface area contributed by atoms with Gasteiger partial charge in [-0.2, -0.15) is 0 Å². The molecule has 108 valence electrons. The highest BCUT2D eigenvalue weighted by Crippen LogP contribution is 2.32. The number of carbonyl (C=O) groups excluding carboxylic acids is 2. The summed E-state index contributed by atoms with van der Waals surface area (Å²) in [7, 11) is 0. The first-order chi connectivity index (χ1) is 10.1. The van der Waals surface area contributed by atoms with Crippen LogP contribution >= 0.6 is 11.6 Å². The monoisotopic (exact) mass is 303 g/mol. The number of aromatic amines is 1. The van der Waals surface area contributed by atoms with Crippen LogP contribution in [0, 0.1) is 11.8 Å². The van der Waals surface area contributed by atoms with Gasteiger partial charge in [-0.1, -0.05) is 29.8 Å². The maximum Gasteiger partial charge on any atom is 0.271 e. The number of hydrogen-bond donors (Lipinski definition) is 2. The van der Waals surface area contributed by atoms with E-state index in [1.807, 2.05) is 24.3 Å². The van der Waals surface area contributed by atoms with Crippen LogP contribution in [0.5, 0.6) is 0 Å². The average Bonchev–Trinajstić information content (AvgIpc) is 3.15. The van der Waals surface area contributed by atoms with E-state index < -0.39 is 0 Å². The second-order valence-electron chi connectivity index (χ2n) is 5.68. The van der Waals surface area contributed by atoms with E-state index in [0.29, 0.717) is 30.4 Å². The summed E-state index contributed by atoms with van der Waals surface area (Å²) in [5, 5.41) is 4.15. The lowest BCUT2D eigenvalue weighted by Gasteiger charge is -2.16. The number of halogens is 1. The van der Waals surface area contributed by atoms with Crippen LogP contribution in [-0.4, -0.2) is 41.3 Å². The second kappa shape index (κ2) is 4.49. The Morgan fingerprint density at radius 3 is 2.86 bits per heavy atom. The van der Waals surface area contributed by atoms with Gasteiger partial charge in [0.15, 0.2) is 0 Å². The van der Waals surface area contributed by atoms with Crippen molar-refractivity contribution in [3.05, 3.63) is 35.0 Å². The normalized spacial score (nSPS) is 24.4. The number of aromatic nitrogens is 1. The predicted molar refractivity (Wildman–Crippen MR) is 79.2 cm³/mol. The maximum absolute atomic E-state index is 12.7. The Bertz CT molecular complexity index is 754. The molecule has 0 bridgehead atoms.